The van der Waals surface area contributed by atoms with E-state index in [0.717, 1.165) is 12.0 Å². The predicted molar refractivity (Wildman–Crippen MR) is 82.3 cm³/mol. The zero-order chi connectivity index (χ0) is 14.9. The minimum Gasteiger partial charge on any atom is -0.429 e. The van der Waals surface area contributed by atoms with Crippen molar-refractivity contribution in [3.05, 3.63) is 65.7 Å². The molecule has 0 unspecified atom stereocenters. The van der Waals surface area contributed by atoms with E-state index in [1.807, 2.05) is 42.5 Å². The minimum absolute atomic E-state index is 0.217. The Morgan fingerprint density at radius 2 is 1.67 bits per heavy atom. The van der Waals surface area contributed by atoms with Crippen molar-refractivity contribution in [3.63, 3.8) is 0 Å². The third-order valence-corrected chi connectivity index (χ3v) is 3.14. The van der Waals surface area contributed by atoms with Crippen LogP contribution in [0.5, 0.6) is 5.75 Å². The molecule has 21 heavy (non-hydrogen) atoms. The van der Waals surface area contributed by atoms with Crippen LogP contribution in [0.3, 0.4) is 0 Å². The van der Waals surface area contributed by atoms with Gasteiger partial charge in [0.15, 0.2) is 0 Å². The van der Waals surface area contributed by atoms with E-state index in [1.54, 1.807) is 12.1 Å². The molecule has 0 heterocycles. The molecule has 0 bridgehead atoms. The summed E-state index contributed by atoms with van der Waals surface area (Å²) in [4.78, 5) is 11.6. The van der Waals surface area contributed by atoms with Gasteiger partial charge in [-0.25, -0.2) is 4.79 Å². The molecule has 110 valence electrons. The first-order valence-corrected chi connectivity index (χ1v) is 7.25. The topological polar surface area (TPSA) is 35.5 Å². The highest BCUT2D eigenvalue weighted by molar-refractivity contribution is 5.63. The number of hydrogen-bond acceptors (Lipinski definition) is 3. The number of carbonyl (C=O) groups excluding carboxylic acids is 1. The summed E-state index contributed by atoms with van der Waals surface area (Å²) >= 11 is 0. The smallest absolute Gasteiger partial charge is 0.429 e. The van der Waals surface area contributed by atoms with E-state index in [0.29, 0.717) is 5.75 Å². The minimum atomic E-state index is -0.680. The Labute approximate surface area is 125 Å². The van der Waals surface area contributed by atoms with Gasteiger partial charge in [0, 0.05) is 0 Å². The Balaban J connectivity index is 1.79. The van der Waals surface area contributed by atoms with E-state index in [4.69, 9.17) is 9.47 Å². The maximum Gasteiger partial charge on any atom is 0.514 e. The predicted octanol–water partition coefficient (Wildman–Crippen LogP) is 4.74. The lowest BCUT2D eigenvalue weighted by molar-refractivity contribution is 0.0928. The van der Waals surface area contributed by atoms with Gasteiger partial charge >= 0.3 is 6.16 Å². The zero-order valence-electron chi connectivity index (χ0n) is 12.2. The second-order valence-electron chi connectivity index (χ2n) is 4.87. The number of unbranched alkanes of at least 4 members (excludes halogenated alkanes) is 1. The number of rotatable bonds is 6. The van der Waals surface area contributed by atoms with Crippen LogP contribution in [0, 0.1) is 0 Å². The summed E-state index contributed by atoms with van der Waals surface area (Å²) in [5.74, 6) is 0.508. The molecule has 0 N–H and O–H groups in total. The molecule has 0 amide bonds. The van der Waals surface area contributed by atoms with Gasteiger partial charge in [-0.1, -0.05) is 55.8 Å². The third kappa shape index (κ3) is 5.30. The van der Waals surface area contributed by atoms with Gasteiger partial charge in [0.05, 0.1) is 0 Å². The standard InChI is InChI=1S/C18H20O3/c1-2-3-7-15-10-12-17(13-11-15)21-18(19)20-14-16-8-5-4-6-9-16/h4-6,8-13H,2-3,7,14H2,1H3. The molecule has 0 aliphatic rings. The van der Waals surface area contributed by atoms with Crippen molar-refractivity contribution in [2.75, 3.05) is 0 Å². The van der Waals surface area contributed by atoms with E-state index in [1.165, 1.54) is 18.4 Å². The van der Waals surface area contributed by atoms with Gasteiger partial charge in [0.25, 0.3) is 0 Å². The van der Waals surface area contributed by atoms with Crippen LogP contribution in [0.4, 0.5) is 4.79 Å². The van der Waals surface area contributed by atoms with E-state index in [9.17, 15) is 4.79 Å². The molecule has 0 aliphatic carbocycles. The van der Waals surface area contributed by atoms with E-state index < -0.39 is 6.16 Å². The largest absolute Gasteiger partial charge is 0.514 e. The number of benzene rings is 2. The SMILES string of the molecule is CCCCc1ccc(OC(=O)OCc2ccccc2)cc1. The fraction of sp³-hybridized carbons (Fsp3) is 0.278. The lowest BCUT2D eigenvalue weighted by atomic mass is 10.1. The maximum atomic E-state index is 11.6. The summed E-state index contributed by atoms with van der Waals surface area (Å²) < 4.78 is 10.2. The van der Waals surface area contributed by atoms with E-state index >= 15 is 0 Å². The molecule has 0 atom stereocenters. The van der Waals surface area contributed by atoms with Gasteiger partial charge in [-0.3, -0.25) is 0 Å². The molecule has 0 spiro atoms. The molecule has 2 aromatic carbocycles. The summed E-state index contributed by atoms with van der Waals surface area (Å²) in [7, 11) is 0. The molecular weight excluding hydrogens is 264 g/mol. The molecule has 0 aromatic heterocycles. The van der Waals surface area contributed by atoms with Crippen molar-refractivity contribution in [1.82, 2.24) is 0 Å². The Morgan fingerprint density at radius 1 is 0.952 bits per heavy atom. The van der Waals surface area contributed by atoms with Crippen LogP contribution in [0.1, 0.15) is 30.9 Å². The van der Waals surface area contributed by atoms with Crippen LogP contribution in [0.15, 0.2) is 54.6 Å². The molecule has 2 aromatic rings. The average molecular weight is 284 g/mol. The summed E-state index contributed by atoms with van der Waals surface area (Å²) in [6, 6.07) is 17.1. The van der Waals surface area contributed by atoms with Crippen molar-refractivity contribution >= 4 is 6.16 Å². The quantitative estimate of drug-likeness (QED) is 0.567. The van der Waals surface area contributed by atoms with E-state index in [-0.39, 0.29) is 6.61 Å². The second kappa shape index (κ2) is 8.10. The van der Waals surface area contributed by atoms with Crippen molar-refractivity contribution in [2.45, 2.75) is 32.8 Å². The molecule has 3 heteroatoms. The number of aryl methyl sites for hydroxylation is 1. The van der Waals surface area contributed by atoms with Gasteiger partial charge in [-0.15, -0.1) is 0 Å². The number of ether oxygens (including phenoxy) is 2. The van der Waals surface area contributed by atoms with Gasteiger partial charge < -0.3 is 9.47 Å². The summed E-state index contributed by atoms with van der Waals surface area (Å²) in [5, 5.41) is 0. The van der Waals surface area contributed by atoms with Crippen LogP contribution in [-0.4, -0.2) is 6.16 Å². The highest BCUT2D eigenvalue weighted by Gasteiger charge is 2.06. The van der Waals surface area contributed by atoms with Crippen LogP contribution < -0.4 is 4.74 Å². The third-order valence-electron chi connectivity index (χ3n) is 3.14. The van der Waals surface area contributed by atoms with Crippen LogP contribution in [0.2, 0.25) is 0 Å². The normalized spacial score (nSPS) is 10.1. The van der Waals surface area contributed by atoms with Gasteiger partial charge in [0.2, 0.25) is 0 Å². The van der Waals surface area contributed by atoms with E-state index in [2.05, 4.69) is 6.92 Å². The molecule has 0 saturated carbocycles. The summed E-state index contributed by atoms with van der Waals surface area (Å²) in [5.41, 5.74) is 2.19. The first kappa shape index (κ1) is 15.1. The fourth-order valence-corrected chi connectivity index (χ4v) is 1.95. The van der Waals surface area contributed by atoms with Crippen LogP contribution in [0.25, 0.3) is 0 Å². The molecule has 0 aliphatic heterocycles. The maximum absolute atomic E-state index is 11.6. The Kier molecular flexibility index (Phi) is 5.83. The highest BCUT2D eigenvalue weighted by atomic mass is 16.7. The van der Waals surface area contributed by atoms with Crippen molar-refractivity contribution < 1.29 is 14.3 Å². The lowest BCUT2D eigenvalue weighted by Crippen LogP contribution is -2.10. The van der Waals surface area contributed by atoms with Gasteiger partial charge in [-0.2, -0.15) is 0 Å². The molecule has 0 saturated heterocycles. The molecule has 3 nitrogen and oxygen atoms in total. The highest BCUT2D eigenvalue weighted by Crippen LogP contribution is 2.15. The number of carbonyl (C=O) groups is 1. The summed E-state index contributed by atoms with van der Waals surface area (Å²) in [6.07, 6.45) is 2.71. The molecule has 2 rings (SSSR count). The Hall–Kier alpha value is -2.29. The average Bonchev–Trinajstić information content (AvgIpc) is 2.53. The van der Waals surface area contributed by atoms with Crippen molar-refractivity contribution in [2.24, 2.45) is 0 Å². The number of hydrogen-bond donors (Lipinski definition) is 0. The van der Waals surface area contributed by atoms with Gasteiger partial charge in [-0.05, 0) is 36.1 Å². The Bertz CT molecular complexity index is 546. The molecule has 0 radical (unpaired) electrons. The van der Waals surface area contributed by atoms with Gasteiger partial charge in [0.1, 0.15) is 12.4 Å². The monoisotopic (exact) mass is 284 g/mol. The van der Waals surface area contributed by atoms with Crippen LogP contribution in [-0.2, 0) is 17.8 Å². The van der Waals surface area contributed by atoms with Crippen molar-refractivity contribution in [1.29, 1.82) is 0 Å². The van der Waals surface area contributed by atoms with Crippen molar-refractivity contribution in [3.8, 4) is 5.75 Å². The fourth-order valence-electron chi connectivity index (χ4n) is 1.95. The molecule has 0 fully saturated rings. The lowest BCUT2D eigenvalue weighted by Gasteiger charge is -2.07. The summed E-state index contributed by atoms with van der Waals surface area (Å²) in [6.45, 7) is 2.38. The Morgan fingerprint density at radius 3 is 2.33 bits per heavy atom. The first-order chi connectivity index (χ1) is 10.3. The molecular formula is C18H20O3. The first-order valence-electron chi connectivity index (χ1n) is 7.25. The zero-order valence-corrected chi connectivity index (χ0v) is 12.2. The van der Waals surface area contributed by atoms with Crippen LogP contribution >= 0.6 is 0 Å². The second-order valence-corrected chi connectivity index (χ2v) is 4.87.